The molecule has 1 aromatic rings. The van der Waals surface area contributed by atoms with Gasteiger partial charge >= 0.3 is 0 Å². The molecule has 120 valence electrons. The van der Waals surface area contributed by atoms with Gasteiger partial charge in [-0.15, -0.1) is 0 Å². The number of halogens is 2. The molecule has 2 amide bonds. The highest BCUT2D eigenvalue weighted by molar-refractivity contribution is 5.94. The Morgan fingerprint density at radius 2 is 1.73 bits per heavy atom. The molecule has 1 saturated heterocycles. The molecule has 2 rings (SSSR count). The minimum Gasteiger partial charge on any atom is -0.339 e. The lowest BCUT2D eigenvalue weighted by Crippen LogP contribution is -2.50. The molecule has 0 aromatic heterocycles. The van der Waals surface area contributed by atoms with Crippen molar-refractivity contribution in [1.29, 1.82) is 0 Å². The number of carbonyl (C=O) groups is 2. The zero-order valence-electron chi connectivity index (χ0n) is 12.6. The normalized spacial score (nSPS) is 15.0. The van der Waals surface area contributed by atoms with Crippen LogP contribution in [0.1, 0.15) is 36.5 Å². The van der Waals surface area contributed by atoms with Gasteiger partial charge in [0.25, 0.3) is 5.91 Å². The molecular weight excluding hydrogens is 290 g/mol. The Labute approximate surface area is 128 Å². The Morgan fingerprint density at radius 3 is 2.36 bits per heavy atom. The average molecular weight is 310 g/mol. The maximum absolute atomic E-state index is 13.6. The van der Waals surface area contributed by atoms with Crippen LogP contribution < -0.4 is 0 Å². The van der Waals surface area contributed by atoms with Crippen LogP contribution in [-0.4, -0.2) is 47.8 Å². The Hall–Kier alpha value is -1.98. The number of carbonyl (C=O) groups excluding carboxylic acids is 2. The number of rotatable bonds is 4. The summed E-state index contributed by atoms with van der Waals surface area (Å²) in [7, 11) is 0. The monoisotopic (exact) mass is 310 g/mol. The molecule has 22 heavy (non-hydrogen) atoms. The molecule has 1 aromatic carbocycles. The summed E-state index contributed by atoms with van der Waals surface area (Å²) in [6.45, 7) is 3.58. The van der Waals surface area contributed by atoms with Crippen molar-refractivity contribution < 1.29 is 18.4 Å². The second-order valence-electron chi connectivity index (χ2n) is 5.40. The Bertz CT molecular complexity index is 555. The molecular formula is C16H20F2N2O2. The van der Waals surface area contributed by atoms with E-state index in [4.69, 9.17) is 0 Å². The van der Waals surface area contributed by atoms with Gasteiger partial charge in [0, 0.05) is 32.6 Å². The first-order chi connectivity index (χ1) is 10.5. The van der Waals surface area contributed by atoms with Crippen LogP contribution in [0.2, 0.25) is 0 Å². The first-order valence-electron chi connectivity index (χ1n) is 7.55. The van der Waals surface area contributed by atoms with E-state index >= 15 is 0 Å². The molecule has 0 radical (unpaired) electrons. The van der Waals surface area contributed by atoms with Gasteiger partial charge in [-0.05, 0) is 24.6 Å². The van der Waals surface area contributed by atoms with E-state index in [0.29, 0.717) is 32.6 Å². The topological polar surface area (TPSA) is 40.6 Å². The molecule has 0 saturated carbocycles. The summed E-state index contributed by atoms with van der Waals surface area (Å²) in [6.07, 6.45) is 2.33. The smallest absolute Gasteiger partial charge is 0.257 e. The van der Waals surface area contributed by atoms with Crippen molar-refractivity contribution in [3.63, 3.8) is 0 Å². The summed E-state index contributed by atoms with van der Waals surface area (Å²) < 4.78 is 26.8. The zero-order valence-corrected chi connectivity index (χ0v) is 12.6. The standard InChI is InChI=1S/C16H20F2N2O2/c1-2-3-4-15(21)19-7-9-20(10-8-19)16(22)13-11-12(17)5-6-14(13)18/h5-6,11H,2-4,7-10H2,1H3. The van der Waals surface area contributed by atoms with Crippen LogP contribution in [0.3, 0.4) is 0 Å². The van der Waals surface area contributed by atoms with Crippen molar-refractivity contribution in [2.24, 2.45) is 0 Å². The van der Waals surface area contributed by atoms with E-state index in [2.05, 4.69) is 0 Å². The SMILES string of the molecule is CCCCC(=O)N1CCN(C(=O)c2cc(F)ccc2F)CC1. The van der Waals surface area contributed by atoms with Crippen LogP contribution >= 0.6 is 0 Å². The van der Waals surface area contributed by atoms with Gasteiger partial charge in [-0.3, -0.25) is 9.59 Å². The predicted octanol–water partition coefficient (Wildman–Crippen LogP) is 2.44. The number of hydrogen-bond donors (Lipinski definition) is 0. The van der Waals surface area contributed by atoms with E-state index in [1.807, 2.05) is 6.92 Å². The zero-order chi connectivity index (χ0) is 16.1. The maximum Gasteiger partial charge on any atom is 0.257 e. The minimum absolute atomic E-state index is 0.0888. The summed E-state index contributed by atoms with van der Waals surface area (Å²) in [5.74, 6) is -1.81. The van der Waals surface area contributed by atoms with Gasteiger partial charge < -0.3 is 9.80 Å². The van der Waals surface area contributed by atoms with Crippen molar-refractivity contribution in [3.8, 4) is 0 Å². The fraction of sp³-hybridized carbons (Fsp3) is 0.500. The molecule has 6 heteroatoms. The van der Waals surface area contributed by atoms with E-state index in [1.54, 1.807) is 4.90 Å². The molecule has 1 heterocycles. The summed E-state index contributed by atoms with van der Waals surface area (Å²) in [6, 6.07) is 2.85. The van der Waals surface area contributed by atoms with E-state index in [9.17, 15) is 18.4 Å². The van der Waals surface area contributed by atoms with Crippen molar-refractivity contribution >= 4 is 11.8 Å². The van der Waals surface area contributed by atoms with Crippen LogP contribution in [0.25, 0.3) is 0 Å². The van der Waals surface area contributed by atoms with Gasteiger partial charge in [0.1, 0.15) is 11.6 Å². The minimum atomic E-state index is -0.729. The average Bonchev–Trinajstić information content (AvgIpc) is 2.54. The third-order valence-corrected chi connectivity index (χ3v) is 3.82. The fourth-order valence-corrected chi connectivity index (χ4v) is 2.48. The molecule has 0 spiro atoms. The largest absolute Gasteiger partial charge is 0.339 e. The van der Waals surface area contributed by atoms with E-state index < -0.39 is 17.5 Å². The highest BCUT2D eigenvalue weighted by Gasteiger charge is 2.26. The lowest BCUT2D eigenvalue weighted by molar-refractivity contribution is -0.132. The van der Waals surface area contributed by atoms with Crippen LogP contribution in [-0.2, 0) is 4.79 Å². The lowest BCUT2D eigenvalue weighted by Gasteiger charge is -2.35. The highest BCUT2D eigenvalue weighted by atomic mass is 19.1. The van der Waals surface area contributed by atoms with Crippen molar-refractivity contribution in [2.75, 3.05) is 26.2 Å². The second-order valence-corrected chi connectivity index (χ2v) is 5.40. The first-order valence-corrected chi connectivity index (χ1v) is 7.55. The van der Waals surface area contributed by atoms with Gasteiger partial charge in [-0.2, -0.15) is 0 Å². The van der Waals surface area contributed by atoms with Crippen molar-refractivity contribution in [1.82, 2.24) is 9.80 Å². The third kappa shape index (κ3) is 3.81. The number of hydrogen-bond acceptors (Lipinski definition) is 2. The third-order valence-electron chi connectivity index (χ3n) is 3.82. The van der Waals surface area contributed by atoms with Crippen LogP contribution in [0.5, 0.6) is 0 Å². The molecule has 0 bridgehead atoms. The number of nitrogens with zero attached hydrogens (tertiary/aromatic N) is 2. The molecule has 1 aliphatic rings. The Kier molecular flexibility index (Phi) is 5.46. The molecule has 0 atom stereocenters. The van der Waals surface area contributed by atoms with Gasteiger partial charge in [-0.25, -0.2) is 8.78 Å². The van der Waals surface area contributed by atoms with Crippen LogP contribution in [0, 0.1) is 11.6 Å². The van der Waals surface area contributed by atoms with Gasteiger partial charge in [0.05, 0.1) is 5.56 Å². The summed E-state index contributed by atoms with van der Waals surface area (Å²) >= 11 is 0. The molecule has 4 nitrogen and oxygen atoms in total. The maximum atomic E-state index is 13.6. The summed E-state index contributed by atoms with van der Waals surface area (Å²) in [4.78, 5) is 27.3. The van der Waals surface area contributed by atoms with Gasteiger partial charge in [-0.1, -0.05) is 13.3 Å². The molecule has 1 aliphatic heterocycles. The number of unbranched alkanes of at least 4 members (excludes halogenated alkanes) is 1. The predicted molar refractivity (Wildman–Crippen MR) is 78.4 cm³/mol. The summed E-state index contributed by atoms with van der Waals surface area (Å²) in [5.41, 5.74) is -0.259. The molecule has 0 aliphatic carbocycles. The van der Waals surface area contributed by atoms with E-state index in [1.165, 1.54) is 4.90 Å². The van der Waals surface area contributed by atoms with E-state index in [-0.39, 0.29) is 11.5 Å². The fourth-order valence-electron chi connectivity index (χ4n) is 2.48. The number of piperazine rings is 1. The first kappa shape index (κ1) is 16.4. The lowest BCUT2D eigenvalue weighted by atomic mass is 10.1. The van der Waals surface area contributed by atoms with Crippen LogP contribution in [0.15, 0.2) is 18.2 Å². The second kappa shape index (κ2) is 7.33. The summed E-state index contributed by atoms with van der Waals surface area (Å²) in [5, 5.41) is 0. The van der Waals surface area contributed by atoms with Gasteiger partial charge in [0.2, 0.25) is 5.91 Å². The Balaban J connectivity index is 1.95. The van der Waals surface area contributed by atoms with E-state index in [0.717, 1.165) is 31.0 Å². The highest BCUT2D eigenvalue weighted by Crippen LogP contribution is 2.15. The molecule has 0 N–H and O–H groups in total. The number of amides is 2. The van der Waals surface area contributed by atoms with Crippen molar-refractivity contribution in [2.45, 2.75) is 26.2 Å². The number of benzene rings is 1. The van der Waals surface area contributed by atoms with Crippen molar-refractivity contribution in [3.05, 3.63) is 35.4 Å². The molecule has 1 fully saturated rings. The quantitative estimate of drug-likeness (QED) is 0.857. The molecule has 0 unspecified atom stereocenters. The Morgan fingerprint density at radius 1 is 1.09 bits per heavy atom. The van der Waals surface area contributed by atoms with Crippen LogP contribution in [0.4, 0.5) is 8.78 Å². The van der Waals surface area contributed by atoms with Gasteiger partial charge in [0.15, 0.2) is 0 Å².